The van der Waals surface area contributed by atoms with Crippen molar-refractivity contribution in [3.8, 4) is 0 Å². The molecule has 0 aliphatic heterocycles. The van der Waals surface area contributed by atoms with E-state index in [4.69, 9.17) is 14.2 Å². The van der Waals surface area contributed by atoms with E-state index in [1.165, 1.54) is 6.92 Å². The van der Waals surface area contributed by atoms with Crippen molar-refractivity contribution < 1.29 is 28.6 Å². The Morgan fingerprint density at radius 1 is 0.714 bits per heavy atom. The first-order valence-electron chi connectivity index (χ1n) is 11.6. The molecule has 6 nitrogen and oxygen atoms in total. The first-order chi connectivity index (χ1) is 16.2. The third-order valence-electron chi connectivity index (χ3n) is 5.40. The summed E-state index contributed by atoms with van der Waals surface area (Å²) in [7, 11) is 0. The second kappa shape index (κ2) is 11.3. The van der Waals surface area contributed by atoms with Gasteiger partial charge in [-0.05, 0) is 53.1 Å². The summed E-state index contributed by atoms with van der Waals surface area (Å²) < 4.78 is 16.0. The van der Waals surface area contributed by atoms with Crippen LogP contribution in [0.25, 0.3) is 0 Å². The highest BCUT2D eigenvalue weighted by Gasteiger charge is 2.22. The molecule has 0 heterocycles. The summed E-state index contributed by atoms with van der Waals surface area (Å²) in [6.45, 7) is 17.0. The monoisotopic (exact) mass is 480 g/mol. The van der Waals surface area contributed by atoms with E-state index < -0.39 is 24.0 Å². The summed E-state index contributed by atoms with van der Waals surface area (Å²) >= 11 is 0. The van der Waals surface area contributed by atoms with Crippen LogP contribution in [0.4, 0.5) is 0 Å². The number of carbonyl (C=O) groups excluding carboxylic acids is 3. The van der Waals surface area contributed by atoms with Crippen LogP contribution < -0.4 is 0 Å². The van der Waals surface area contributed by atoms with Crippen molar-refractivity contribution in [1.29, 1.82) is 0 Å². The van der Waals surface area contributed by atoms with Crippen LogP contribution in [0.15, 0.2) is 60.7 Å². The number of hydrogen-bond donors (Lipinski definition) is 0. The number of hydrogen-bond acceptors (Lipinski definition) is 6. The van der Waals surface area contributed by atoms with Gasteiger partial charge in [0.1, 0.15) is 13.2 Å². The molecule has 0 aliphatic carbocycles. The Morgan fingerprint density at radius 3 is 1.51 bits per heavy atom. The topological polar surface area (TPSA) is 78.9 Å². The van der Waals surface area contributed by atoms with Gasteiger partial charge in [-0.2, -0.15) is 0 Å². The highest BCUT2D eigenvalue weighted by molar-refractivity contribution is 5.90. The van der Waals surface area contributed by atoms with E-state index >= 15 is 0 Å². The van der Waals surface area contributed by atoms with Crippen LogP contribution in [0, 0.1) is 0 Å². The molecule has 2 rings (SSSR count). The van der Waals surface area contributed by atoms with Crippen LogP contribution in [-0.4, -0.2) is 37.2 Å². The SMILES string of the molecule is C=C(C)C(=O)OCC(COC(=O)c1ccc(C(C)(C)C)cc1)OC(=O)c1ccc(C(C)(C)C)cc1. The largest absolute Gasteiger partial charge is 0.458 e. The van der Waals surface area contributed by atoms with E-state index in [0.29, 0.717) is 11.1 Å². The predicted molar refractivity (Wildman–Crippen MR) is 136 cm³/mol. The van der Waals surface area contributed by atoms with E-state index in [0.717, 1.165) is 11.1 Å². The van der Waals surface area contributed by atoms with E-state index in [9.17, 15) is 14.4 Å². The molecule has 2 aromatic rings. The lowest BCUT2D eigenvalue weighted by molar-refractivity contribution is -0.142. The van der Waals surface area contributed by atoms with Gasteiger partial charge in [0.15, 0.2) is 6.10 Å². The van der Waals surface area contributed by atoms with Crippen LogP contribution in [0.5, 0.6) is 0 Å². The molecule has 0 saturated heterocycles. The maximum Gasteiger partial charge on any atom is 0.338 e. The quantitative estimate of drug-likeness (QED) is 0.271. The molecular weight excluding hydrogens is 444 g/mol. The van der Waals surface area contributed by atoms with E-state index in [1.807, 2.05) is 24.3 Å². The Labute approximate surface area is 208 Å². The molecule has 0 radical (unpaired) electrons. The number of esters is 3. The fourth-order valence-corrected chi connectivity index (χ4v) is 3.09. The second-order valence-electron chi connectivity index (χ2n) is 10.7. The molecule has 1 atom stereocenters. The molecule has 0 aromatic heterocycles. The molecule has 0 amide bonds. The maximum absolute atomic E-state index is 12.7. The number of ether oxygens (including phenoxy) is 3. The smallest absolute Gasteiger partial charge is 0.338 e. The van der Waals surface area contributed by atoms with Crippen LogP contribution >= 0.6 is 0 Å². The zero-order valence-corrected chi connectivity index (χ0v) is 21.8. The second-order valence-corrected chi connectivity index (χ2v) is 10.7. The van der Waals surface area contributed by atoms with Crippen LogP contribution in [-0.2, 0) is 29.8 Å². The van der Waals surface area contributed by atoms with E-state index in [1.54, 1.807) is 24.3 Å². The minimum absolute atomic E-state index is 0.0417. The first-order valence-corrected chi connectivity index (χ1v) is 11.6. The molecular formula is C29H36O6. The molecule has 0 bridgehead atoms. The number of rotatable bonds is 8. The third kappa shape index (κ3) is 8.39. The van der Waals surface area contributed by atoms with Gasteiger partial charge in [0, 0.05) is 5.57 Å². The molecule has 6 heteroatoms. The molecule has 0 aliphatic rings. The molecule has 0 N–H and O–H groups in total. The average Bonchev–Trinajstić information content (AvgIpc) is 2.79. The van der Waals surface area contributed by atoms with Gasteiger partial charge in [0.25, 0.3) is 0 Å². The lowest BCUT2D eigenvalue weighted by Gasteiger charge is -2.20. The molecule has 35 heavy (non-hydrogen) atoms. The van der Waals surface area contributed by atoms with Gasteiger partial charge >= 0.3 is 17.9 Å². The Kier molecular flexibility index (Phi) is 9.02. The fourth-order valence-electron chi connectivity index (χ4n) is 3.09. The van der Waals surface area contributed by atoms with Crippen molar-refractivity contribution in [3.05, 3.63) is 82.9 Å². The zero-order valence-electron chi connectivity index (χ0n) is 21.8. The van der Waals surface area contributed by atoms with Gasteiger partial charge in [-0.25, -0.2) is 14.4 Å². The molecule has 0 saturated carbocycles. The van der Waals surface area contributed by atoms with Crippen molar-refractivity contribution >= 4 is 17.9 Å². The van der Waals surface area contributed by atoms with Gasteiger partial charge in [0.2, 0.25) is 0 Å². The zero-order chi connectivity index (χ0) is 26.4. The van der Waals surface area contributed by atoms with Crippen molar-refractivity contribution in [2.75, 3.05) is 13.2 Å². The van der Waals surface area contributed by atoms with Crippen molar-refractivity contribution in [2.24, 2.45) is 0 Å². The summed E-state index contributed by atoms with van der Waals surface area (Å²) in [6, 6.07) is 14.3. The molecule has 2 aromatic carbocycles. The van der Waals surface area contributed by atoms with Crippen LogP contribution in [0.1, 0.15) is 80.3 Å². The number of benzene rings is 2. The molecule has 0 fully saturated rings. The molecule has 0 spiro atoms. The van der Waals surface area contributed by atoms with E-state index in [2.05, 4.69) is 48.1 Å². The van der Waals surface area contributed by atoms with Gasteiger partial charge in [-0.3, -0.25) is 0 Å². The Bertz CT molecular complexity index is 1050. The van der Waals surface area contributed by atoms with Crippen LogP contribution in [0.3, 0.4) is 0 Å². The summed E-state index contributed by atoms with van der Waals surface area (Å²) in [5.41, 5.74) is 3.00. The van der Waals surface area contributed by atoms with Gasteiger partial charge in [-0.1, -0.05) is 72.4 Å². The van der Waals surface area contributed by atoms with E-state index in [-0.39, 0.29) is 29.6 Å². The van der Waals surface area contributed by atoms with Crippen molar-refractivity contribution in [3.63, 3.8) is 0 Å². The van der Waals surface area contributed by atoms with Crippen molar-refractivity contribution in [1.82, 2.24) is 0 Å². The van der Waals surface area contributed by atoms with Gasteiger partial charge < -0.3 is 14.2 Å². The standard InChI is InChI=1S/C29H36O6/c1-19(2)25(30)33-17-24(35-27(32)21-11-15-23(16-12-21)29(6,7)8)18-34-26(31)20-9-13-22(14-10-20)28(3,4)5/h9-16,24H,1,17-18H2,2-8H3. The number of carbonyl (C=O) groups is 3. The van der Waals surface area contributed by atoms with Gasteiger partial charge in [0.05, 0.1) is 11.1 Å². The highest BCUT2D eigenvalue weighted by Crippen LogP contribution is 2.23. The summed E-state index contributed by atoms with van der Waals surface area (Å²) in [5, 5.41) is 0. The Hall–Kier alpha value is -3.41. The normalized spacial score (nSPS) is 12.4. The minimum Gasteiger partial charge on any atom is -0.458 e. The average molecular weight is 481 g/mol. The molecule has 188 valence electrons. The lowest BCUT2D eigenvalue weighted by atomic mass is 9.87. The highest BCUT2D eigenvalue weighted by atomic mass is 16.6. The molecule has 1 unspecified atom stereocenters. The predicted octanol–water partition coefficient (Wildman–Crippen LogP) is 5.78. The minimum atomic E-state index is -0.981. The fraction of sp³-hybridized carbons (Fsp3) is 0.414. The van der Waals surface area contributed by atoms with Crippen LogP contribution in [0.2, 0.25) is 0 Å². The maximum atomic E-state index is 12.7. The van der Waals surface area contributed by atoms with Gasteiger partial charge in [-0.15, -0.1) is 0 Å². The Balaban J connectivity index is 2.09. The summed E-state index contributed by atoms with van der Waals surface area (Å²) in [5.74, 6) is -1.79. The lowest BCUT2D eigenvalue weighted by Crippen LogP contribution is -2.31. The summed E-state index contributed by atoms with van der Waals surface area (Å²) in [6.07, 6.45) is -0.981. The van der Waals surface area contributed by atoms with Crippen molar-refractivity contribution in [2.45, 2.75) is 65.4 Å². The third-order valence-corrected chi connectivity index (χ3v) is 5.40. The Morgan fingerprint density at radius 2 is 1.11 bits per heavy atom. The summed E-state index contributed by atoms with van der Waals surface area (Å²) in [4.78, 5) is 37.1. The first kappa shape index (κ1) is 27.8.